The molecule has 1 amide bonds. The topological polar surface area (TPSA) is 41.1 Å². The van der Waals surface area contributed by atoms with Crippen LogP contribution in [0.3, 0.4) is 0 Å². The first-order valence-corrected chi connectivity index (χ1v) is 7.07. The molecule has 0 radical (unpaired) electrons. The average Bonchev–Trinajstić information content (AvgIpc) is 2.44. The number of nitrogens with one attached hydrogen (secondary N) is 2. The summed E-state index contributed by atoms with van der Waals surface area (Å²) < 4.78 is 0. The van der Waals surface area contributed by atoms with Crippen LogP contribution >= 0.6 is 0 Å². The molecule has 1 aromatic carbocycles. The zero-order valence-corrected chi connectivity index (χ0v) is 12.1. The highest BCUT2D eigenvalue weighted by atomic mass is 16.2. The molecule has 0 fully saturated rings. The Balaban J connectivity index is 2.02. The highest BCUT2D eigenvalue weighted by Gasteiger charge is 2.36. The van der Waals surface area contributed by atoms with Crippen molar-refractivity contribution in [3.8, 4) is 0 Å². The van der Waals surface area contributed by atoms with Gasteiger partial charge in [0.1, 0.15) is 0 Å². The predicted octanol–water partition coefficient (Wildman–Crippen LogP) is 1.91. The first-order valence-electron chi connectivity index (χ1n) is 7.07. The third-order valence-electron chi connectivity index (χ3n) is 4.25. The van der Waals surface area contributed by atoms with E-state index in [4.69, 9.17) is 0 Å². The first kappa shape index (κ1) is 14.1. The minimum atomic E-state index is -0.262. The lowest BCUT2D eigenvalue weighted by atomic mass is 9.72. The lowest BCUT2D eigenvalue weighted by molar-refractivity contribution is -0.130. The minimum Gasteiger partial charge on any atom is -0.354 e. The molecular formula is C16H24N2O. The molecule has 0 spiro atoms. The molecule has 3 heteroatoms. The van der Waals surface area contributed by atoms with E-state index >= 15 is 0 Å². The van der Waals surface area contributed by atoms with E-state index in [1.165, 1.54) is 11.1 Å². The van der Waals surface area contributed by atoms with Gasteiger partial charge in [-0.3, -0.25) is 4.79 Å². The Labute approximate surface area is 115 Å². The second-order valence-electron chi connectivity index (χ2n) is 5.91. The van der Waals surface area contributed by atoms with E-state index in [9.17, 15) is 4.79 Å². The second-order valence-corrected chi connectivity index (χ2v) is 5.91. The molecule has 1 aliphatic rings. The van der Waals surface area contributed by atoms with Crippen molar-refractivity contribution in [3.05, 3.63) is 35.4 Å². The molecule has 104 valence electrons. The van der Waals surface area contributed by atoms with Gasteiger partial charge >= 0.3 is 0 Å². The molecule has 0 aromatic heterocycles. The summed E-state index contributed by atoms with van der Waals surface area (Å²) in [6.45, 7) is 4.84. The minimum absolute atomic E-state index is 0.184. The fraction of sp³-hybridized carbons (Fsp3) is 0.562. The monoisotopic (exact) mass is 260 g/mol. The summed E-state index contributed by atoms with van der Waals surface area (Å²) in [5.74, 6) is 0.184. The van der Waals surface area contributed by atoms with Crippen LogP contribution in [0.4, 0.5) is 0 Å². The molecular weight excluding hydrogens is 236 g/mol. The van der Waals surface area contributed by atoms with Crippen LogP contribution in [0.1, 0.15) is 31.4 Å². The third kappa shape index (κ3) is 3.16. The molecule has 19 heavy (non-hydrogen) atoms. The molecule has 3 nitrogen and oxygen atoms in total. The number of hydrogen-bond donors (Lipinski definition) is 2. The van der Waals surface area contributed by atoms with Gasteiger partial charge in [0.25, 0.3) is 0 Å². The third-order valence-corrected chi connectivity index (χ3v) is 4.25. The molecule has 0 bridgehead atoms. The van der Waals surface area contributed by atoms with E-state index in [1.807, 2.05) is 7.05 Å². The Hall–Kier alpha value is -1.35. The average molecular weight is 260 g/mol. The van der Waals surface area contributed by atoms with Gasteiger partial charge < -0.3 is 10.6 Å². The molecule has 1 aliphatic carbocycles. The van der Waals surface area contributed by atoms with Gasteiger partial charge in [0.05, 0.1) is 5.41 Å². The maximum Gasteiger partial charge on any atom is 0.226 e. The molecule has 0 heterocycles. The van der Waals surface area contributed by atoms with Crippen LogP contribution < -0.4 is 10.6 Å². The number of carbonyl (C=O) groups excluding carboxylic acids is 1. The van der Waals surface area contributed by atoms with Gasteiger partial charge in [-0.15, -0.1) is 0 Å². The molecule has 2 N–H and O–H groups in total. The number of hydrogen-bond acceptors (Lipinski definition) is 2. The van der Waals surface area contributed by atoms with Gasteiger partial charge in [0.2, 0.25) is 5.91 Å². The zero-order chi connectivity index (χ0) is 13.9. The summed E-state index contributed by atoms with van der Waals surface area (Å²) in [7, 11) is 1.91. The van der Waals surface area contributed by atoms with E-state index in [-0.39, 0.29) is 11.3 Å². The molecule has 2 atom stereocenters. The number of rotatable bonds is 4. The van der Waals surface area contributed by atoms with Crippen LogP contribution in [0.15, 0.2) is 24.3 Å². The fourth-order valence-electron chi connectivity index (χ4n) is 2.65. The fourth-order valence-corrected chi connectivity index (χ4v) is 2.65. The Kier molecular flexibility index (Phi) is 4.25. The molecule has 0 saturated heterocycles. The van der Waals surface area contributed by atoms with Gasteiger partial charge in [-0.2, -0.15) is 0 Å². The second kappa shape index (κ2) is 5.74. The Morgan fingerprint density at radius 2 is 2.05 bits per heavy atom. The van der Waals surface area contributed by atoms with Crippen molar-refractivity contribution >= 4 is 5.91 Å². The number of aryl methyl sites for hydroxylation is 1. The van der Waals surface area contributed by atoms with Crippen molar-refractivity contribution < 1.29 is 4.79 Å². The molecule has 2 rings (SSSR count). The summed E-state index contributed by atoms with van der Waals surface area (Å²) in [4.78, 5) is 12.4. The molecule has 2 unspecified atom stereocenters. The zero-order valence-electron chi connectivity index (χ0n) is 12.1. The van der Waals surface area contributed by atoms with Crippen LogP contribution in [-0.4, -0.2) is 25.5 Å². The number of amides is 1. The van der Waals surface area contributed by atoms with Crippen molar-refractivity contribution in [2.45, 2.75) is 39.2 Å². The summed E-state index contributed by atoms with van der Waals surface area (Å²) in [5, 5.41) is 6.21. The Morgan fingerprint density at radius 1 is 1.37 bits per heavy atom. The van der Waals surface area contributed by atoms with E-state index in [0.29, 0.717) is 12.6 Å². The van der Waals surface area contributed by atoms with E-state index in [2.05, 4.69) is 48.7 Å². The highest BCUT2D eigenvalue weighted by molar-refractivity contribution is 5.83. The highest BCUT2D eigenvalue weighted by Crippen LogP contribution is 2.35. The molecule has 1 aromatic rings. The maximum absolute atomic E-state index is 12.4. The van der Waals surface area contributed by atoms with Crippen molar-refractivity contribution in [2.24, 2.45) is 5.41 Å². The first-order chi connectivity index (χ1) is 9.05. The number of benzene rings is 1. The summed E-state index contributed by atoms with van der Waals surface area (Å²) >= 11 is 0. The van der Waals surface area contributed by atoms with Crippen molar-refractivity contribution in [2.75, 3.05) is 13.6 Å². The summed E-state index contributed by atoms with van der Waals surface area (Å²) in [6.07, 6.45) is 2.79. The van der Waals surface area contributed by atoms with E-state index in [1.54, 1.807) is 0 Å². The smallest absolute Gasteiger partial charge is 0.226 e. The van der Waals surface area contributed by atoms with Crippen molar-refractivity contribution in [3.63, 3.8) is 0 Å². The van der Waals surface area contributed by atoms with Gasteiger partial charge in [0, 0.05) is 12.6 Å². The predicted molar refractivity (Wildman–Crippen MR) is 78.1 cm³/mol. The largest absolute Gasteiger partial charge is 0.354 e. The van der Waals surface area contributed by atoms with Crippen molar-refractivity contribution in [1.29, 1.82) is 0 Å². The lowest BCUT2D eigenvalue weighted by Gasteiger charge is -2.34. The number of fused-ring (bicyclic) bond motifs is 1. The van der Waals surface area contributed by atoms with E-state index in [0.717, 1.165) is 19.3 Å². The SMILES string of the molecule is CNC(C)CNC(=O)C1(C)CCc2ccccc2C1. The van der Waals surface area contributed by atoms with Gasteiger partial charge in [-0.1, -0.05) is 31.2 Å². The Morgan fingerprint density at radius 3 is 2.74 bits per heavy atom. The van der Waals surface area contributed by atoms with Crippen molar-refractivity contribution in [1.82, 2.24) is 10.6 Å². The summed E-state index contributed by atoms with van der Waals surface area (Å²) in [5.41, 5.74) is 2.46. The number of likely N-dealkylation sites (N-methyl/N-ethyl adjacent to an activating group) is 1. The molecule has 0 aliphatic heterocycles. The lowest BCUT2D eigenvalue weighted by Crippen LogP contribution is -2.46. The maximum atomic E-state index is 12.4. The van der Waals surface area contributed by atoms with Crippen LogP contribution in [0.2, 0.25) is 0 Å². The van der Waals surface area contributed by atoms with Crippen LogP contribution in [0.5, 0.6) is 0 Å². The number of carbonyl (C=O) groups is 1. The van der Waals surface area contributed by atoms with Gasteiger partial charge in [0.15, 0.2) is 0 Å². The van der Waals surface area contributed by atoms with Gasteiger partial charge in [-0.05, 0) is 44.4 Å². The normalized spacial score (nSPS) is 23.5. The standard InChI is InChI=1S/C16H24N2O/c1-12(17-3)11-18-15(19)16(2)9-8-13-6-4-5-7-14(13)10-16/h4-7,12,17H,8-11H2,1-3H3,(H,18,19). The van der Waals surface area contributed by atoms with Crippen LogP contribution in [-0.2, 0) is 17.6 Å². The van der Waals surface area contributed by atoms with Gasteiger partial charge in [-0.25, -0.2) is 0 Å². The van der Waals surface area contributed by atoms with Crippen LogP contribution in [0, 0.1) is 5.41 Å². The van der Waals surface area contributed by atoms with E-state index < -0.39 is 0 Å². The molecule has 0 saturated carbocycles. The quantitative estimate of drug-likeness (QED) is 0.868. The Bertz CT molecular complexity index is 458. The summed E-state index contributed by atoms with van der Waals surface area (Å²) in [6, 6.07) is 8.77. The van der Waals surface area contributed by atoms with Crippen LogP contribution in [0.25, 0.3) is 0 Å².